The second-order valence-corrected chi connectivity index (χ2v) is 4.64. The molecule has 0 unspecified atom stereocenters. The summed E-state index contributed by atoms with van der Waals surface area (Å²) in [5.74, 6) is 0.927. The van der Waals surface area contributed by atoms with Crippen molar-refractivity contribution in [3.8, 4) is 11.5 Å². The lowest BCUT2D eigenvalue weighted by atomic mass is 10.2. The summed E-state index contributed by atoms with van der Waals surface area (Å²) in [5, 5.41) is 5.18. The molecule has 0 atom stereocenters. The molecule has 122 valence electrons. The number of ether oxygens (including phenoxy) is 2. The highest BCUT2D eigenvalue weighted by Gasteiger charge is 2.11. The van der Waals surface area contributed by atoms with Crippen molar-refractivity contribution >= 4 is 11.8 Å². The lowest BCUT2D eigenvalue weighted by Gasteiger charge is -2.09. The first kappa shape index (κ1) is 16.4. The van der Waals surface area contributed by atoms with Gasteiger partial charge in [-0.05, 0) is 24.3 Å². The van der Waals surface area contributed by atoms with Crippen LogP contribution in [0.5, 0.6) is 11.5 Å². The van der Waals surface area contributed by atoms with Crippen LogP contribution in [-0.2, 0) is 11.3 Å². The minimum absolute atomic E-state index is 0.140. The Morgan fingerprint density at radius 3 is 2.35 bits per heavy atom. The van der Waals surface area contributed by atoms with E-state index in [1.165, 1.54) is 20.5 Å². The van der Waals surface area contributed by atoms with E-state index in [-0.39, 0.29) is 19.0 Å². The van der Waals surface area contributed by atoms with Crippen LogP contribution in [0.25, 0.3) is 0 Å². The third-order valence-electron chi connectivity index (χ3n) is 3.06. The van der Waals surface area contributed by atoms with Crippen LogP contribution in [0.2, 0.25) is 0 Å². The van der Waals surface area contributed by atoms with Gasteiger partial charge in [0.2, 0.25) is 5.91 Å². The Morgan fingerprint density at radius 2 is 1.78 bits per heavy atom. The van der Waals surface area contributed by atoms with Crippen LogP contribution in [-0.4, -0.2) is 32.6 Å². The van der Waals surface area contributed by atoms with Crippen LogP contribution in [0.15, 0.2) is 41.0 Å². The van der Waals surface area contributed by atoms with Crippen molar-refractivity contribution in [1.82, 2.24) is 10.6 Å². The standard InChI is InChI=1S/C16H18N2O5/c1-21-13-6-11(7-14(8-13)22-2)16(20)18-10-15(19)17-9-12-4-3-5-23-12/h3-8H,9-10H2,1-2H3,(H,17,19)(H,18,20). The summed E-state index contributed by atoms with van der Waals surface area (Å²) in [6.45, 7) is 0.133. The molecule has 0 saturated carbocycles. The van der Waals surface area contributed by atoms with Crippen molar-refractivity contribution in [2.24, 2.45) is 0 Å². The molecular weight excluding hydrogens is 300 g/mol. The third-order valence-corrected chi connectivity index (χ3v) is 3.06. The zero-order valence-electron chi connectivity index (χ0n) is 12.9. The number of hydrogen-bond acceptors (Lipinski definition) is 5. The van der Waals surface area contributed by atoms with Crippen molar-refractivity contribution in [2.45, 2.75) is 6.54 Å². The Kier molecular flexibility index (Phi) is 5.62. The first-order chi connectivity index (χ1) is 11.1. The van der Waals surface area contributed by atoms with Gasteiger partial charge in [0.1, 0.15) is 17.3 Å². The fraction of sp³-hybridized carbons (Fsp3) is 0.250. The van der Waals surface area contributed by atoms with E-state index in [1.807, 2.05) is 0 Å². The number of methoxy groups -OCH3 is 2. The van der Waals surface area contributed by atoms with Crippen LogP contribution >= 0.6 is 0 Å². The van der Waals surface area contributed by atoms with Crippen molar-refractivity contribution in [3.05, 3.63) is 47.9 Å². The summed E-state index contributed by atoms with van der Waals surface area (Å²) >= 11 is 0. The predicted molar refractivity (Wildman–Crippen MR) is 82.4 cm³/mol. The van der Waals surface area contributed by atoms with E-state index in [2.05, 4.69) is 10.6 Å². The van der Waals surface area contributed by atoms with Gasteiger partial charge in [-0.1, -0.05) is 0 Å². The molecule has 1 aromatic heterocycles. The normalized spacial score (nSPS) is 10.0. The summed E-state index contributed by atoms with van der Waals surface area (Å²) in [7, 11) is 3.00. The van der Waals surface area contributed by atoms with Gasteiger partial charge in [0.25, 0.3) is 5.91 Å². The molecule has 7 nitrogen and oxygen atoms in total. The van der Waals surface area contributed by atoms with E-state index < -0.39 is 5.91 Å². The van der Waals surface area contributed by atoms with Gasteiger partial charge in [0, 0.05) is 11.6 Å². The fourth-order valence-corrected chi connectivity index (χ4v) is 1.86. The molecule has 1 aromatic carbocycles. The number of furan rings is 1. The van der Waals surface area contributed by atoms with Gasteiger partial charge in [-0.25, -0.2) is 0 Å². The number of hydrogen-bond donors (Lipinski definition) is 2. The van der Waals surface area contributed by atoms with Gasteiger partial charge in [-0.2, -0.15) is 0 Å². The molecule has 2 N–H and O–H groups in total. The number of carbonyl (C=O) groups is 2. The second kappa shape index (κ2) is 7.88. The first-order valence-electron chi connectivity index (χ1n) is 6.92. The molecule has 0 aliphatic rings. The Labute approximate surface area is 133 Å². The van der Waals surface area contributed by atoms with Gasteiger partial charge < -0.3 is 24.5 Å². The highest BCUT2D eigenvalue weighted by Crippen LogP contribution is 2.22. The van der Waals surface area contributed by atoms with Gasteiger partial charge in [0.05, 0.1) is 33.6 Å². The van der Waals surface area contributed by atoms with Crippen LogP contribution in [0, 0.1) is 0 Å². The molecule has 2 amide bonds. The van der Waals surface area contributed by atoms with Crippen molar-refractivity contribution in [2.75, 3.05) is 20.8 Å². The number of nitrogens with one attached hydrogen (secondary N) is 2. The lowest BCUT2D eigenvalue weighted by molar-refractivity contribution is -0.120. The Bertz CT molecular complexity index is 645. The summed E-state index contributed by atoms with van der Waals surface area (Å²) in [5.41, 5.74) is 0.347. The predicted octanol–water partition coefficient (Wildman–Crippen LogP) is 1.34. The topological polar surface area (TPSA) is 89.8 Å². The van der Waals surface area contributed by atoms with E-state index in [4.69, 9.17) is 13.9 Å². The number of carbonyl (C=O) groups excluding carboxylic acids is 2. The average Bonchev–Trinajstić information content (AvgIpc) is 3.10. The summed E-state index contributed by atoms with van der Waals surface area (Å²) < 4.78 is 15.3. The monoisotopic (exact) mass is 318 g/mol. The van der Waals surface area contributed by atoms with E-state index in [0.29, 0.717) is 22.8 Å². The van der Waals surface area contributed by atoms with Gasteiger partial charge in [0.15, 0.2) is 0 Å². The Hall–Kier alpha value is -2.96. The van der Waals surface area contributed by atoms with Crippen molar-refractivity contribution in [3.63, 3.8) is 0 Å². The van der Waals surface area contributed by atoms with E-state index in [9.17, 15) is 9.59 Å². The van der Waals surface area contributed by atoms with Gasteiger partial charge >= 0.3 is 0 Å². The SMILES string of the molecule is COc1cc(OC)cc(C(=O)NCC(=O)NCc2ccco2)c1. The Balaban J connectivity index is 1.87. The van der Waals surface area contributed by atoms with Crippen LogP contribution in [0.4, 0.5) is 0 Å². The molecule has 0 aliphatic carbocycles. The maximum Gasteiger partial charge on any atom is 0.251 e. The van der Waals surface area contributed by atoms with E-state index >= 15 is 0 Å². The Morgan fingerprint density at radius 1 is 1.09 bits per heavy atom. The molecule has 0 fully saturated rings. The van der Waals surface area contributed by atoms with Crippen LogP contribution in [0.1, 0.15) is 16.1 Å². The number of benzene rings is 1. The maximum atomic E-state index is 12.1. The van der Waals surface area contributed by atoms with E-state index in [0.717, 1.165) is 0 Å². The summed E-state index contributed by atoms with van der Waals surface area (Å²) in [6.07, 6.45) is 1.53. The average molecular weight is 318 g/mol. The maximum absolute atomic E-state index is 12.1. The number of amides is 2. The highest BCUT2D eigenvalue weighted by atomic mass is 16.5. The molecule has 7 heteroatoms. The van der Waals surface area contributed by atoms with Crippen LogP contribution < -0.4 is 20.1 Å². The zero-order chi connectivity index (χ0) is 16.7. The molecule has 1 heterocycles. The fourth-order valence-electron chi connectivity index (χ4n) is 1.86. The molecule has 0 saturated heterocycles. The summed E-state index contributed by atoms with van der Waals surface area (Å²) in [6, 6.07) is 8.28. The molecule has 0 spiro atoms. The van der Waals surface area contributed by atoms with E-state index in [1.54, 1.807) is 30.3 Å². The smallest absolute Gasteiger partial charge is 0.251 e. The first-order valence-corrected chi connectivity index (χ1v) is 6.92. The molecule has 0 bridgehead atoms. The molecule has 0 aliphatic heterocycles. The van der Waals surface area contributed by atoms with Gasteiger partial charge in [-0.3, -0.25) is 9.59 Å². The zero-order valence-corrected chi connectivity index (χ0v) is 12.9. The number of rotatable bonds is 7. The van der Waals surface area contributed by atoms with Gasteiger partial charge in [-0.15, -0.1) is 0 Å². The second-order valence-electron chi connectivity index (χ2n) is 4.64. The largest absolute Gasteiger partial charge is 0.497 e. The molecule has 0 radical (unpaired) electrons. The highest BCUT2D eigenvalue weighted by molar-refractivity contribution is 5.97. The summed E-state index contributed by atoms with van der Waals surface area (Å²) in [4.78, 5) is 23.8. The minimum Gasteiger partial charge on any atom is -0.497 e. The molecule has 23 heavy (non-hydrogen) atoms. The third kappa shape index (κ3) is 4.77. The molecule has 2 rings (SSSR count). The molecular formula is C16H18N2O5. The van der Waals surface area contributed by atoms with Crippen molar-refractivity contribution < 1.29 is 23.5 Å². The molecule has 2 aromatic rings. The van der Waals surface area contributed by atoms with Crippen molar-refractivity contribution in [1.29, 1.82) is 0 Å². The quantitative estimate of drug-likeness (QED) is 0.804. The lowest BCUT2D eigenvalue weighted by Crippen LogP contribution is -2.36. The minimum atomic E-state index is -0.393. The van der Waals surface area contributed by atoms with Crippen LogP contribution in [0.3, 0.4) is 0 Å².